The predicted molar refractivity (Wildman–Crippen MR) is 66.3 cm³/mol. The van der Waals surface area contributed by atoms with E-state index in [1.807, 2.05) is 0 Å². The van der Waals surface area contributed by atoms with Crippen LogP contribution < -0.4 is 5.32 Å². The van der Waals surface area contributed by atoms with E-state index in [9.17, 15) is 9.59 Å². The molecule has 0 aliphatic heterocycles. The summed E-state index contributed by atoms with van der Waals surface area (Å²) in [5.74, 6) is -2.46. The van der Waals surface area contributed by atoms with Gasteiger partial charge < -0.3 is 10.4 Å². The number of hydrogen-bond acceptors (Lipinski definition) is 3. The van der Waals surface area contributed by atoms with Crippen LogP contribution in [-0.2, 0) is 9.59 Å². The molecule has 0 radical (unpaired) electrons. The number of carboxylic acid groups (broad SMARTS) is 1. The van der Waals surface area contributed by atoms with Gasteiger partial charge in [-0.25, -0.2) is 4.98 Å². The zero-order valence-electron chi connectivity index (χ0n) is 9.98. The molecule has 2 atom stereocenters. The van der Waals surface area contributed by atoms with E-state index in [4.69, 9.17) is 16.7 Å². The third-order valence-electron chi connectivity index (χ3n) is 3.39. The van der Waals surface area contributed by atoms with Gasteiger partial charge in [-0.05, 0) is 17.5 Å². The Bertz CT molecular complexity index is 516. The van der Waals surface area contributed by atoms with E-state index < -0.39 is 23.2 Å². The molecule has 0 aromatic carbocycles. The highest BCUT2D eigenvalue weighted by molar-refractivity contribution is 6.32. The van der Waals surface area contributed by atoms with Crippen molar-refractivity contribution in [2.24, 2.45) is 17.3 Å². The second-order valence-corrected chi connectivity index (χ2v) is 5.30. The third kappa shape index (κ3) is 2.06. The number of carbonyl (C=O) groups excluding carboxylic acids is 1. The first-order chi connectivity index (χ1) is 8.35. The van der Waals surface area contributed by atoms with Crippen LogP contribution in [0.1, 0.15) is 13.8 Å². The van der Waals surface area contributed by atoms with Crippen molar-refractivity contribution in [3.8, 4) is 0 Å². The molecular weight excluding hydrogens is 256 g/mol. The highest BCUT2D eigenvalue weighted by Crippen LogP contribution is 2.58. The van der Waals surface area contributed by atoms with E-state index in [0.29, 0.717) is 5.69 Å². The van der Waals surface area contributed by atoms with Crippen molar-refractivity contribution in [3.05, 3.63) is 23.5 Å². The zero-order chi connectivity index (χ0) is 13.5. The van der Waals surface area contributed by atoms with Crippen molar-refractivity contribution in [3.63, 3.8) is 0 Å². The smallest absolute Gasteiger partial charge is 0.307 e. The first-order valence-electron chi connectivity index (χ1n) is 5.50. The molecule has 1 heterocycles. The molecule has 2 rings (SSSR count). The van der Waals surface area contributed by atoms with Crippen LogP contribution >= 0.6 is 11.6 Å². The summed E-state index contributed by atoms with van der Waals surface area (Å²) in [4.78, 5) is 26.8. The Balaban J connectivity index is 2.11. The fourth-order valence-corrected chi connectivity index (χ4v) is 2.44. The van der Waals surface area contributed by atoms with Crippen molar-refractivity contribution >= 4 is 29.2 Å². The third-order valence-corrected chi connectivity index (χ3v) is 3.69. The maximum absolute atomic E-state index is 12.0. The number of rotatable bonds is 3. The topological polar surface area (TPSA) is 79.3 Å². The molecule has 6 heteroatoms. The predicted octanol–water partition coefficient (Wildman–Crippen LogP) is 2.03. The number of pyridine rings is 1. The molecule has 96 valence electrons. The quantitative estimate of drug-likeness (QED) is 0.822. The van der Waals surface area contributed by atoms with Crippen LogP contribution in [0, 0.1) is 17.3 Å². The average molecular weight is 269 g/mol. The summed E-state index contributed by atoms with van der Waals surface area (Å²) in [5.41, 5.74) is -0.124. The number of aromatic nitrogens is 1. The lowest BCUT2D eigenvalue weighted by molar-refractivity contribution is -0.140. The number of amides is 1. The number of hydrogen-bond donors (Lipinski definition) is 2. The second-order valence-electron chi connectivity index (χ2n) is 4.95. The van der Waals surface area contributed by atoms with Gasteiger partial charge in [0.25, 0.3) is 0 Å². The normalized spacial score (nSPS) is 24.4. The minimum absolute atomic E-state index is 0.191. The number of aliphatic carboxylic acids is 1. The fraction of sp³-hybridized carbons (Fsp3) is 0.417. The van der Waals surface area contributed by atoms with Crippen LogP contribution in [0.5, 0.6) is 0 Å². The Labute approximate surface area is 109 Å². The largest absolute Gasteiger partial charge is 0.481 e. The summed E-state index contributed by atoms with van der Waals surface area (Å²) in [7, 11) is 0. The molecule has 0 saturated heterocycles. The van der Waals surface area contributed by atoms with Gasteiger partial charge in [-0.3, -0.25) is 9.59 Å². The summed E-state index contributed by atoms with van der Waals surface area (Å²) in [6.07, 6.45) is 1.51. The lowest BCUT2D eigenvalue weighted by Crippen LogP contribution is -2.18. The van der Waals surface area contributed by atoms with Gasteiger partial charge in [0.1, 0.15) is 0 Å². The molecule has 0 bridgehead atoms. The molecule has 2 N–H and O–H groups in total. The Morgan fingerprint density at radius 2 is 2.11 bits per heavy atom. The van der Waals surface area contributed by atoms with Crippen LogP contribution in [-0.4, -0.2) is 22.0 Å². The van der Waals surface area contributed by atoms with E-state index in [-0.39, 0.29) is 11.1 Å². The molecule has 0 spiro atoms. The Hall–Kier alpha value is -1.62. The second kappa shape index (κ2) is 4.24. The number of halogens is 1. The minimum atomic E-state index is -0.947. The van der Waals surface area contributed by atoms with Crippen LogP contribution in [0.4, 0.5) is 5.69 Å². The number of anilines is 1. The molecule has 1 saturated carbocycles. The van der Waals surface area contributed by atoms with Crippen molar-refractivity contribution in [1.82, 2.24) is 4.98 Å². The summed E-state index contributed by atoms with van der Waals surface area (Å²) < 4.78 is 0. The molecule has 0 unspecified atom stereocenters. The Morgan fingerprint density at radius 3 is 2.61 bits per heavy atom. The molecule has 1 aromatic heterocycles. The number of carboxylic acids is 1. The fourth-order valence-electron chi connectivity index (χ4n) is 2.28. The molecule has 1 aromatic rings. The standard InChI is InChI=1S/C12H13ClN2O3/c1-12(2)7(8(12)11(17)18)10(16)15-6-4-3-5-14-9(6)13/h3-5,7-8H,1-2H3,(H,15,16)(H,17,18)/t7-,8+/m0/s1. The number of nitrogens with zero attached hydrogens (tertiary/aromatic N) is 1. The first-order valence-corrected chi connectivity index (χ1v) is 5.87. The average Bonchev–Trinajstić information content (AvgIpc) is 2.85. The van der Waals surface area contributed by atoms with Gasteiger partial charge in [0, 0.05) is 6.20 Å². The zero-order valence-corrected chi connectivity index (χ0v) is 10.7. The lowest BCUT2D eigenvalue weighted by Gasteiger charge is -2.06. The van der Waals surface area contributed by atoms with Crippen LogP contribution in [0.15, 0.2) is 18.3 Å². The summed E-state index contributed by atoms with van der Waals surface area (Å²) in [6, 6.07) is 3.27. The molecule has 1 aliphatic carbocycles. The number of carbonyl (C=O) groups is 2. The van der Waals surface area contributed by atoms with Gasteiger partial charge >= 0.3 is 5.97 Å². The van der Waals surface area contributed by atoms with E-state index in [2.05, 4.69) is 10.3 Å². The molecule has 1 aliphatic rings. The molecule has 1 amide bonds. The Morgan fingerprint density at radius 1 is 1.44 bits per heavy atom. The molecule has 1 fully saturated rings. The first kappa shape index (κ1) is 12.8. The van der Waals surface area contributed by atoms with E-state index in [1.165, 1.54) is 6.20 Å². The lowest BCUT2D eigenvalue weighted by atomic mass is 10.1. The summed E-state index contributed by atoms with van der Waals surface area (Å²) >= 11 is 5.82. The van der Waals surface area contributed by atoms with E-state index in [1.54, 1.807) is 26.0 Å². The van der Waals surface area contributed by atoms with Crippen LogP contribution in [0.2, 0.25) is 5.15 Å². The van der Waals surface area contributed by atoms with Crippen molar-refractivity contribution in [1.29, 1.82) is 0 Å². The van der Waals surface area contributed by atoms with Gasteiger partial charge in [0.15, 0.2) is 5.15 Å². The van der Waals surface area contributed by atoms with Gasteiger partial charge in [-0.15, -0.1) is 0 Å². The maximum Gasteiger partial charge on any atom is 0.307 e. The van der Waals surface area contributed by atoms with Gasteiger partial charge in [0.05, 0.1) is 17.5 Å². The number of nitrogens with one attached hydrogen (secondary N) is 1. The SMILES string of the molecule is CC1(C)[C@H](C(=O)Nc2cccnc2Cl)[C@@H]1C(=O)O. The van der Waals surface area contributed by atoms with Crippen LogP contribution in [0.25, 0.3) is 0 Å². The minimum Gasteiger partial charge on any atom is -0.481 e. The molecular formula is C12H13ClN2O3. The Kier molecular flexibility index (Phi) is 3.02. The van der Waals surface area contributed by atoms with Crippen molar-refractivity contribution in [2.45, 2.75) is 13.8 Å². The summed E-state index contributed by atoms with van der Waals surface area (Å²) in [6.45, 7) is 3.53. The highest BCUT2D eigenvalue weighted by atomic mass is 35.5. The monoisotopic (exact) mass is 268 g/mol. The molecule has 5 nitrogen and oxygen atoms in total. The highest BCUT2D eigenvalue weighted by Gasteiger charge is 2.65. The maximum atomic E-state index is 12.0. The van der Waals surface area contributed by atoms with Crippen molar-refractivity contribution in [2.75, 3.05) is 5.32 Å². The van der Waals surface area contributed by atoms with Gasteiger partial charge in [-0.1, -0.05) is 25.4 Å². The van der Waals surface area contributed by atoms with E-state index in [0.717, 1.165) is 0 Å². The molecule has 18 heavy (non-hydrogen) atoms. The van der Waals surface area contributed by atoms with Crippen LogP contribution in [0.3, 0.4) is 0 Å². The van der Waals surface area contributed by atoms with E-state index >= 15 is 0 Å². The van der Waals surface area contributed by atoms with Crippen molar-refractivity contribution < 1.29 is 14.7 Å². The van der Waals surface area contributed by atoms with Gasteiger partial charge in [0.2, 0.25) is 5.91 Å². The van der Waals surface area contributed by atoms with Gasteiger partial charge in [-0.2, -0.15) is 0 Å². The summed E-state index contributed by atoms with van der Waals surface area (Å²) in [5, 5.41) is 11.8.